The molecule has 1 aliphatic rings. The summed E-state index contributed by atoms with van der Waals surface area (Å²) in [7, 11) is 0. The summed E-state index contributed by atoms with van der Waals surface area (Å²) in [4.78, 5) is 2.70. The maximum absolute atomic E-state index is 4.57. The zero-order valence-electron chi connectivity index (χ0n) is 16.5. The van der Waals surface area contributed by atoms with Gasteiger partial charge in [0, 0.05) is 19.3 Å². The number of piperidine rings is 1. The number of hydrogen-bond acceptors (Lipinski definition) is 2. The minimum atomic E-state index is 0.581. The third-order valence-corrected chi connectivity index (χ3v) is 5.74. The Kier molecular flexibility index (Phi) is 8.31. The van der Waals surface area contributed by atoms with Gasteiger partial charge in [-0.1, -0.05) is 53.4 Å². The highest BCUT2D eigenvalue weighted by Gasteiger charge is 2.20. The van der Waals surface area contributed by atoms with Crippen LogP contribution in [0.3, 0.4) is 0 Å². The quantitative estimate of drug-likeness (QED) is 0.540. The molecule has 1 aromatic rings. The molecular formula is C21H39N3. The van der Waals surface area contributed by atoms with Gasteiger partial charge in [-0.05, 0) is 55.7 Å². The second-order valence-electron chi connectivity index (χ2n) is 8.32. The normalized spacial score (nSPS) is 20.6. The summed E-state index contributed by atoms with van der Waals surface area (Å²) in [6.45, 7) is 14.1. The highest BCUT2D eigenvalue weighted by Crippen LogP contribution is 2.20. The van der Waals surface area contributed by atoms with Crippen LogP contribution in [0.2, 0.25) is 0 Å². The molecule has 0 saturated carbocycles. The van der Waals surface area contributed by atoms with Crippen molar-refractivity contribution in [2.45, 2.75) is 85.1 Å². The van der Waals surface area contributed by atoms with Crippen LogP contribution in [0.5, 0.6) is 0 Å². The Bertz CT molecular complexity index is 452. The van der Waals surface area contributed by atoms with E-state index >= 15 is 0 Å². The topological polar surface area (TPSA) is 21.1 Å². The van der Waals surface area contributed by atoms with Crippen molar-refractivity contribution in [3.8, 4) is 0 Å². The van der Waals surface area contributed by atoms with Crippen molar-refractivity contribution in [3.05, 3.63) is 18.0 Å². The van der Waals surface area contributed by atoms with Gasteiger partial charge in [-0.25, -0.2) is 0 Å². The molecule has 0 aliphatic carbocycles. The van der Waals surface area contributed by atoms with Crippen LogP contribution in [0.15, 0.2) is 12.4 Å². The third kappa shape index (κ3) is 6.58. The molecule has 2 atom stereocenters. The maximum atomic E-state index is 4.57. The summed E-state index contributed by atoms with van der Waals surface area (Å²) >= 11 is 0. The second-order valence-corrected chi connectivity index (χ2v) is 8.32. The number of hydrogen-bond donors (Lipinski definition) is 0. The van der Waals surface area contributed by atoms with Crippen LogP contribution >= 0.6 is 0 Å². The summed E-state index contributed by atoms with van der Waals surface area (Å²) in [6.07, 6.45) is 14.0. The molecule has 24 heavy (non-hydrogen) atoms. The third-order valence-electron chi connectivity index (χ3n) is 5.74. The maximum Gasteiger partial charge on any atom is 0.0524 e. The van der Waals surface area contributed by atoms with Crippen LogP contribution in [-0.2, 0) is 6.54 Å². The van der Waals surface area contributed by atoms with Gasteiger partial charge in [-0.3, -0.25) is 4.68 Å². The van der Waals surface area contributed by atoms with Crippen molar-refractivity contribution >= 4 is 0 Å². The van der Waals surface area contributed by atoms with E-state index in [9.17, 15) is 0 Å². The van der Waals surface area contributed by atoms with Crippen LogP contribution in [0.1, 0.15) is 84.1 Å². The molecule has 3 nitrogen and oxygen atoms in total. The Morgan fingerprint density at radius 3 is 2.75 bits per heavy atom. The molecule has 1 fully saturated rings. The molecular weight excluding hydrogens is 294 g/mol. The first kappa shape index (κ1) is 19.5. The fourth-order valence-corrected chi connectivity index (χ4v) is 3.75. The molecule has 0 N–H and O–H groups in total. The second kappa shape index (κ2) is 10.2. The average molecular weight is 334 g/mol. The summed E-state index contributed by atoms with van der Waals surface area (Å²) in [6, 6.07) is 0. The van der Waals surface area contributed by atoms with Crippen molar-refractivity contribution in [3.63, 3.8) is 0 Å². The van der Waals surface area contributed by atoms with Gasteiger partial charge in [-0.15, -0.1) is 0 Å². The number of rotatable bonds is 10. The zero-order valence-corrected chi connectivity index (χ0v) is 16.5. The number of nitrogens with zero attached hydrogens (tertiary/aromatic N) is 3. The molecule has 0 bridgehead atoms. The van der Waals surface area contributed by atoms with Crippen molar-refractivity contribution in [1.82, 2.24) is 14.7 Å². The van der Waals surface area contributed by atoms with E-state index < -0.39 is 0 Å². The van der Waals surface area contributed by atoms with E-state index in [2.05, 4.69) is 48.6 Å². The molecule has 0 aromatic carbocycles. The van der Waals surface area contributed by atoms with Crippen LogP contribution in [0, 0.1) is 11.8 Å². The van der Waals surface area contributed by atoms with E-state index in [4.69, 9.17) is 0 Å². The van der Waals surface area contributed by atoms with Crippen LogP contribution in [0.4, 0.5) is 0 Å². The van der Waals surface area contributed by atoms with E-state index in [0.29, 0.717) is 5.92 Å². The Labute approximate surface area is 149 Å². The first-order valence-corrected chi connectivity index (χ1v) is 10.3. The summed E-state index contributed by atoms with van der Waals surface area (Å²) < 4.78 is 2.18. The van der Waals surface area contributed by atoms with Gasteiger partial charge >= 0.3 is 0 Å². The SMILES string of the molecule is CCC(C)CCCCCN1CCC[C@@H](Cn2cc(C(C)C)cn2)C1. The Morgan fingerprint density at radius 1 is 1.21 bits per heavy atom. The molecule has 3 heteroatoms. The van der Waals surface area contributed by atoms with Crippen molar-refractivity contribution in [2.24, 2.45) is 11.8 Å². The summed E-state index contributed by atoms with van der Waals surface area (Å²) in [5.41, 5.74) is 1.36. The van der Waals surface area contributed by atoms with Gasteiger partial charge in [0.15, 0.2) is 0 Å². The van der Waals surface area contributed by atoms with Crippen molar-refractivity contribution < 1.29 is 0 Å². The molecule has 2 rings (SSSR count). The van der Waals surface area contributed by atoms with E-state index in [1.165, 1.54) is 70.1 Å². The van der Waals surface area contributed by atoms with E-state index in [-0.39, 0.29) is 0 Å². The van der Waals surface area contributed by atoms with Gasteiger partial charge in [0.1, 0.15) is 0 Å². The smallest absolute Gasteiger partial charge is 0.0524 e. The average Bonchev–Trinajstić information content (AvgIpc) is 3.03. The number of unbranched alkanes of at least 4 members (excludes halogenated alkanes) is 2. The molecule has 0 spiro atoms. The fourth-order valence-electron chi connectivity index (χ4n) is 3.75. The minimum absolute atomic E-state index is 0.581. The molecule has 1 unspecified atom stereocenters. The molecule has 1 saturated heterocycles. The van der Waals surface area contributed by atoms with Gasteiger partial charge in [0.2, 0.25) is 0 Å². The standard InChI is InChI=1S/C21H39N3/c1-5-19(4)10-7-6-8-12-23-13-9-11-20(15-23)16-24-17-21(14-22-24)18(2)3/h14,17-20H,5-13,15-16H2,1-4H3/t19?,20-/m1/s1. The molecule has 0 radical (unpaired) electrons. The Morgan fingerprint density at radius 2 is 2.04 bits per heavy atom. The van der Waals surface area contributed by atoms with Gasteiger partial charge in [-0.2, -0.15) is 5.10 Å². The highest BCUT2D eigenvalue weighted by atomic mass is 15.3. The lowest BCUT2D eigenvalue weighted by atomic mass is 9.97. The highest BCUT2D eigenvalue weighted by molar-refractivity contribution is 5.08. The molecule has 138 valence electrons. The van der Waals surface area contributed by atoms with Crippen molar-refractivity contribution in [1.29, 1.82) is 0 Å². The fraction of sp³-hybridized carbons (Fsp3) is 0.857. The Balaban J connectivity index is 1.65. The Hall–Kier alpha value is -0.830. The number of likely N-dealkylation sites (tertiary alicyclic amines) is 1. The van der Waals surface area contributed by atoms with E-state index in [1.54, 1.807) is 0 Å². The lowest BCUT2D eigenvalue weighted by Gasteiger charge is -2.32. The largest absolute Gasteiger partial charge is 0.303 e. The summed E-state index contributed by atoms with van der Waals surface area (Å²) in [5, 5.41) is 4.57. The zero-order chi connectivity index (χ0) is 17.4. The van der Waals surface area contributed by atoms with Gasteiger partial charge < -0.3 is 4.90 Å². The lowest BCUT2D eigenvalue weighted by Crippen LogP contribution is -2.37. The molecule has 0 amide bonds. The minimum Gasteiger partial charge on any atom is -0.303 e. The first-order valence-electron chi connectivity index (χ1n) is 10.3. The summed E-state index contributed by atoms with van der Waals surface area (Å²) in [5.74, 6) is 2.27. The molecule has 1 aromatic heterocycles. The van der Waals surface area contributed by atoms with Crippen LogP contribution in [-0.4, -0.2) is 34.3 Å². The monoisotopic (exact) mass is 333 g/mol. The lowest BCUT2D eigenvalue weighted by molar-refractivity contribution is 0.157. The predicted molar refractivity (Wildman–Crippen MR) is 103 cm³/mol. The van der Waals surface area contributed by atoms with Gasteiger partial charge in [0.25, 0.3) is 0 Å². The van der Waals surface area contributed by atoms with Crippen LogP contribution in [0.25, 0.3) is 0 Å². The first-order chi connectivity index (χ1) is 11.6. The van der Waals surface area contributed by atoms with E-state index in [1.807, 2.05) is 6.20 Å². The van der Waals surface area contributed by atoms with Crippen molar-refractivity contribution in [2.75, 3.05) is 19.6 Å². The van der Waals surface area contributed by atoms with E-state index in [0.717, 1.165) is 18.4 Å². The molecule has 1 aliphatic heterocycles. The van der Waals surface area contributed by atoms with Gasteiger partial charge in [0.05, 0.1) is 6.20 Å². The number of aromatic nitrogens is 2. The molecule has 2 heterocycles. The van der Waals surface area contributed by atoms with Crippen LogP contribution < -0.4 is 0 Å². The predicted octanol–water partition coefficient (Wildman–Crippen LogP) is 5.33.